The molecule has 1 aromatic rings. The summed E-state index contributed by atoms with van der Waals surface area (Å²) in [5.41, 5.74) is -0.809. The van der Waals surface area contributed by atoms with Crippen molar-refractivity contribution in [1.82, 2.24) is 0 Å². The highest BCUT2D eigenvalue weighted by molar-refractivity contribution is 6.00. The second-order valence-corrected chi connectivity index (χ2v) is 3.92. The Balaban J connectivity index is 2.47. The van der Waals surface area contributed by atoms with Gasteiger partial charge in [0.1, 0.15) is 5.75 Å². The van der Waals surface area contributed by atoms with Crippen molar-refractivity contribution in [2.75, 3.05) is 0 Å². The van der Waals surface area contributed by atoms with Gasteiger partial charge in [0.05, 0.1) is 16.9 Å². The number of hydrogen-bond donors (Lipinski definition) is 1. The van der Waals surface area contributed by atoms with Crippen LogP contribution in [0.4, 0.5) is 18.9 Å². The minimum Gasteiger partial charge on any atom is -0.452 e. The minimum absolute atomic E-state index is 0.358. The van der Waals surface area contributed by atoms with E-state index in [-0.39, 0.29) is 5.56 Å². The Labute approximate surface area is 103 Å². The van der Waals surface area contributed by atoms with Crippen molar-refractivity contribution in [1.29, 1.82) is 0 Å². The standard InChI is InChI=1S/C10H6F3NO5/c11-10(12,13)9(16)4-7(15)6-3-5(14(17)18)1-2-8(6)19-9/h1-3,16H,4H2. The van der Waals surface area contributed by atoms with Gasteiger partial charge in [-0.3, -0.25) is 14.9 Å². The summed E-state index contributed by atoms with van der Waals surface area (Å²) in [7, 11) is 0. The van der Waals surface area contributed by atoms with Crippen LogP contribution < -0.4 is 4.74 Å². The molecule has 1 unspecified atom stereocenters. The van der Waals surface area contributed by atoms with Crippen molar-refractivity contribution in [3.8, 4) is 5.75 Å². The van der Waals surface area contributed by atoms with Crippen LogP contribution in [0.3, 0.4) is 0 Å². The average molecular weight is 277 g/mol. The van der Waals surface area contributed by atoms with Crippen LogP contribution in [0.1, 0.15) is 16.8 Å². The normalized spacial score (nSPS) is 22.6. The number of carbonyl (C=O) groups is 1. The fraction of sp³-hybridized carbons (Fsp3) is 0.300. The van der Waals surface area contributed by atoms with Gasteiger partial charge in [-0.15, -0.1) is 0 Å². The number of non-ortho nitro benzene ring substituents is 1. The van der Waals surface area contributed by atoms with Crippen LogP contribution in [-0.4, -0.2) is 27.8 Å². The first-order chi connectivity index (χ1) is 8.64. The zero-order valence-electron chi connectivity index (χ0n) is 9.10. The number of aliphatic hydroxyl groups is 1. The van der Waals surface area contributed by atoms with Crippen LogP contribution >= 0.6 is 0 Å². The summed E-state index contributed by atoms with van der Waals surface area (Å²) in [4.78, 5) is 21.3. The number of rotatable bonds is 1. The Hall–Kier alpha value is -2.16. The molecule has 1 aromatic carbocycles. The second-order valence-electron chi connectivity index (χ2n) is 3.92. The summed E-state index contributed by atoms with van der Waals surface area (Å²) in [6.45, 7) is 0. The zero-order chi connectivity index (χ0) is 14.4. The van der Waals surface area contributed by atoms with Gasteiger partial charge in [-0.25, -0.2) is 0 Å². The van der Waals surface area contributed by atoms with Crippen molar-refractivity contribution in [2.24, 2.45) is 0 Å². The molecule has 0 spiro atoms. The van der Waals surface area contributed by atoms with Crippen LogP contribution in [-0.2, 0) is 0 Å². The van der Waals surface area contributed by atoms with Crippen molar-refractivity contribution in [3.63, 3.8) is 0 Å². The van der Waals surface area contributed by atoms with E-state index in [0.29, 0.717) is 0 Å². The molecule has 1 heterocycles. The number of ether oxygens (including phenoxy) is 1. The molecule has 0 aromatic heterocycles. The second kappa shape index (κ2) is 3.92. The lowest BCUT2D eigenvalue weighted by Gasteiger charge is -2.34. The number of halogens is 3. The molecule has 9 heteroatoms. The third-order valence-electron chi connectivity index (χ3n) is 2.60. The maximum absolute atomic E-state index is 12.6. The lowest BCUT2D eigenvalue weighted by molar-refractivity contribution is -0.385. The molecule has 1 aliphatic heterocycles. The molecule has 0 bridgehead atoms. The molecule has 1 atom stereocenters. The SMILES string of the molecule is O=C1CC(O)(C(F)(F)F)Oc2ccc([N+](=O)[O-])cc21. The van der Waals surface area contributed by atoms with Gasteiger partial charge in [0.15, 0.2) is 5.78 Å². The fourth-order valence-corrected chi connectivity index (χ4v) is 1.63. The number of hydrogen-bond acceptors (Lipinski definition) is 5. The first-order valence-electron chi connectivity index (χ1n) is 4.94. The smallest absolute Gasteiger partial charge is 0.452 e. The van der Waals surface area contributed by atoms with Crippen LogP contribution in [0.2, 0.25) is 0 Å². The fourth-order valence-electron chi connectivity index (χ4n) is 1.63. The quantitative estimate of drug-likeness (QED) is 0.624. The number of Topliss-reactive ketones (excluding diaryl/α,β-unsaturated/α-hetero) is 1. The monoisotopic (exact) mass is 277 g/mol. The van der Waals surface area contributed by atoms with Gasteiger partial charge in [-0.1, -0.05) is 0 Å². The van der Waals surface area contributed by atoms with E-state index < -0.39 is 40.5 Å². The largest absolute Gasteiger partial charge is 0.455 e. The highest BCUT2D eigenvalue weighted by atomic mass is 19.4. The number of carbonyl (C=O) groups excluding carboxylic acids is 1. The van der Waals surface area contributed by atoms with Gasteiger partial charge in [0.2, 0.25) is 0 Å². The number of ketones is 1. The highest BCUT2D eigenvalue weighted by Gasteiger charge is 2.60. The Morgan fingerprint density at radius 2 is 2.05 bits per heavy atom. The van der Waals surface area contributed by atoms with Gasteiger partial charge in [-0.2, -0.15) is 13.2 Å². The summed E-state index contributed by atoms with van der Waals surface area (Å²) >= 11 is 0. The lowest BCUT2D eigenvalue weighted by Crippen LogP contribution is -2.53. The van der Waals surface area contributed by atoms with Crippen molar-refractivity contribution >= 4 is 11.5 Å². The first kappa shape index (κ1) is 13.3. The van der Waals surface area contributed by atoms with E-state index in [1.165, 1.54) is 0 Å². The number of nitro groups is 1. The van der Waals surface area contributed by atoms with Gasteiger partial charge >= 0.3 is 12.0 Å². The molecule has 0 amide bonds. The molecule has 1 N–H and O–H groups in total. The Morgan fingerprint density at radius 3 is 2.58 bits per heavy atom. The molecule has 0 saturated carbocycles. The maximum Gasteiger partial charge on any atom is 0.455 e. The van der Waals surface area contributed by atoms with Crippen LogP contribution in [0.5, 0.6) is 5.75 Å². The number of nitro benzene ring substituents is 1. The molecule has 0 radical (unpaired) electrons. The van der Waals surface area contributed by atoms with E-state index in [2.05, 4.69) is 4.74 Å². The van der Waals surface area contributed by atoms with Gasteiger partial charge in [0.25, 0.3) is 5.69 Å². The van der Waals surface area contributed by atoms with E-state index in [1.54, 1.807) is 0 Å². The summed E-state index contributed by atoms with van der Waals surface area (Å²) in [6, 6.07) is 2.54. The van der Waals surface area contributed by atoms with E-state index >= 15 is 0 Å². The average Bonchev–Trinajstić information content (AvgIpc) is 2.26. The van der Waals surface area contributed by atoms with E-state index in [0.717, 1.165) is 18.2 Å². The summed E-state index contributed by atoms with van der Waals surface area (Å²) < 4.78 is 42.1. The third-order valence-corrected chi connectivity index (χ3v) is 2.60. The van der Waals surface area contributed by atoms with Crippen molar-refractivity contribution in [3.05, 3.63) is 33.9 Å². The Kier molecular flexibility index (Phi) is 2.74. The minimum atomic E-state index is -5.15. The van der Waals surface area contributed by atoms with Crippen LogP contribution in [0.25, 0.3) is 0 Å². The van der Waals surface area contributed by atoms with Crippen molar-refractivity contribution < 1.29 is 32.7 Å². The van der Waals surface area contributed by atoms with E-state index in [4.69, 9.17) is 0 Å². The predicted molar refractivity (Wildman–Crippen MR) is 53.7 cm³/mol. The summed E-state index contributed by atoms with van der Waals surface area (Å²) in [6.07, 6.45) is -6.49. The number of benzene rings is 1. The van der Waals surface area contributed by atoms with Gasteiger partial charge in [-0.05, 0) is 6.07 Å². The van der Waals surface area contributed by atoms with E-state index in [9.17, 15) is 33.2 Å². The Bertz CT molecular complexity index is 571. The van der Waals surface area contributed by atoms with Crippen LogP contribution in [0, 0.1) is 10.1 Å². The van der Waals surface area contributed by atoms with Crippen LogP contribution in [0.15, 0.2) is 18.2 Å². The molecule has 0 fully saturated rings. The van der Waals surface area contributed by atoms with Gasteiger partial charge < -0.3 is 9.84 Å². The molecule has 2 rings (SSSR count). The summed E-state index contributed by atoms with van der Waals surface area (Å²) in [5, 5.41) is 19.8. The molecule has 6 nitrogen and oxygen atoms in total. The maximum atomic E-state index is 12.6. The molecule has 1 aliphatic rings. The topological polar surface area (TPSA) is 89.7 Å². The predicted octanol–water partition coefficient (Wildman–Crippen LogP) is 1.81. The summed E-state index contributed by atoms with van der Waals surface area (Å²) in [5.74, 6) is -5.22. The molecular formula is C10H6F3NO5. The molecule has 19 heavy (non-hydrogen) atoms. The molecular weight excluding hydrogens is 271 g/mol. The number of fused-ring (bicyclic) bond motifs is 1. The third kappa shape index (κ3) is 2.12. The lowest BCUT2D eigenvalue weighted by atomic mass is 9.97. The zero-order valence-corrected chi connectivity index (χ0v) is 9.10. The Morgan fingerprint density at radius 1 is 1.42 bits per heavy atom. The number of nitrogens with zero attached hydrogens (tertiary/aromatic N) is 1. The van der Waals surface area contributed by atoms with Gasteiger partial charge in [0, 0.05) is 12.1 Å². The van der Waals surface area contributed by atoms with Crippen molar-refractivity contribution in [2.45, 2.75) is 18.4 Å². The molecule has 102 valence electrons. The highest BCUT2D eigenvalue weighted by Crippen LogP contribution is 2.42. The first-order valence-corrected chi connectivity index (χ1v) is 4.94. The number of alkyl halides is 3. The van der Waals surface area contributed by atoms with E-state index in [1.807, 2.05) is 0 Å². The molecule has 0 saturated heterocycles. The molecule has 0 aliphatic carbocycles.